The molecular weight excluding hydrogens is 546 g/mol. The standard InChI is InChI=1S/C31H30BrNO5/c32-21-8-5-7-20(15-21)31(38-19-29(34)35)16-22-9-6-10-23(17-31)33(22)30(36)37-18-28-26-13-3-1-11-24(26)25-12-2-4-14-27(25)28/h1-5,7-8,11-15,22-23,28H,6,9-10,16-19H2,(H,34,35). The summed E-state index contributed by atoms with van der Waals surface area (Å²) in [5.41, 5.74) is 4.96. The van der Waals surface area contributed by atoms with E-state index in [1.807, 2.05) is 53.4 Å². The lowest BCUT2D eigenvalue weighted by molar-refractivity contribution is -0.163. The van der Waals surface area contributed by atoms with Crippen LogP contribution in [0.3, 0.4) is 0 Å². The molecule has 38 heavy (non-hydrogen) atoms. The van der Waals surface area contributed by atoms with E-state index in [1.54, 1.807) is 0 Å². The number of ether oxygens (including phenoxy) is 2. The fraction of sp³-hybridized carbons (Fsp3) is 0.355. The molecule has 2 bridgehead atoms. The number of carbonyl (C=O) groups excluding carboxylic acids is 1. The number of rotatable bonds is 6. The number of fused-ring (bicyclic) bond motifs is 5. The van der Waals surface area contributed by atoms with Crippen LogP contribution in [0.25, 0.3) is 11.1 Å². The Balaban J connectivity index is 1.23. The minimum absolute atomic E-state index is 0.00985. The number of hydrogen-bond donors (Lipinski definition) is 1. The van der Waals surface area contributed by atoms with Crippen LogP contribution in [0.15, 0.2) is 77.3 Å². The van der Waals surface area contributed by atoms with Gasteiger partial charge >= 0.3 is 12.1 Å². The first-order chi connectivity index (χ1) is 18.4. The Bertz CT molecular complexity index is 1310. The zero-order valence-electron chi connectivity index (χ0n) is 21.0. The number of carboxylic acids is 1. The normalized spacial score (nSPS) is 24.0. The number of nitrogens with zero attached hydrogens (tertiary/aromatic N) is 1. The highest BCUT2D eigenvalue weighted by molar-refractivity contribution is 9.10. The summed E-state index contributed by atoms with van der Waals surface area (Å²) in [5.74, 6) is -0.987. The van der Waals surface area contributed by atoms with Gasteiger partial charge < -0.3 is 19.5 Å². The minimum Gasteiger partial charge on any atom is -0.480 e. The van der Waals surface area contributed by atoms with Crippen LogP contribution in [0.1, 0.15) is 54.7 Å². The third kappa shape index (κ3) is 4.52. The van der Waals surface area contributed by atoms with Gasteiger partial charge in [0.15, 0.2) is 0 Å². The van der Waals surface area contributed by atoms with Gasteiger partial charge in [0.2, 0.25) is 0 Å². The second-order valence-corrected chi connectivity index (χ2v) is 11.5. The Morgan fingerprint density at radius 2 is 1.55 bits per heavy atom. The van der Waals surface area contributed by atoms with E-state index in [1.165, 1.54) is 22.3 Å². The Kier molecular flexibility index (Phi) is 6.74. The Morgan fingerprint density at radius 3 is 2.16 bits per heavy atom. The zero-order valence-corrected chi connectivity index (χ0v) is 22.6. The second kappa shape index (κ2) is 10.2. The lowest BCUT2D eigenvalue weighted by Gasteiger charge is -2.53. The average Bonchev–Trinajstić information content (AvgIpc) is 3.23. The molecule has 1 aliphatic carbocycles. The highest BCUT2D eigenvalue weighted by Gasteiger charge is 2.50. The monoisotopic (exact) mass is 575 g/mol. The highest BCUT2D eigenvalue weighted by atomic mass is 79.9. The molecule has 6 rings (SSSR count). The molecule has 196 valence electrons. The largest absolute Gasteiger partial charge is 0.480 e. The smallest absolute Gasteiger partial charge is 0.410 e. The highest BCUT2D eigenvalue weighted by Crippen LogP contribution is 2.48. The van der Waals surface area contributed by atoms with Crippen LogP contribution in [-0.4, -0.2) is 47.4 Å². The van der Waals surface area contributed by atoms with Crippen molar-refractivity contribution in [3.05, 3.63) is 94.0 Å². The summed E-state index contributed by atoms with van der Waals surface area (Å²) in [5, 5.41) is 9.40. The van der Waals surface area contributed by atoms with Gasteiger partial charge in [-0.15, -0.1) is 0 Å². The molecule has 2 atom stereocenters. The molecule has 2 aliphatic heterocycles. The zero-order chi connectivity index (χ0) is 26.3. The Hall–Kier alpha value is -3.16. The maximum atomic E-state index is 13.6. The lowest BCUT2D eigenvalue weighted by Crippen LogP contribution is -2.59. The molecule has 2 unspecified atom stereocenters. The number of halogens is 1. The number of carbonyl (C=O) groups is 2. The van der Waals surface area contributed by atoms with Crippen LogP contribution in [0.5, 0.6) is 0 Å². The van der Waals surface area contributed by atoms with Gasteiger partial charge in [-0.3, -0.25) is 0 Å². The summed E-state index contributed by atoms with van der Waals surface area (Å²) in [4.78, 5) is 27.0. The Labute approximate surface area is 230 Å². The molecule has 3 aliphatic rings. The topological polar surface area (TPSA) is 76.1 Å². The van der Waals surface area contributed by atoms with Crippen LogP contribution < -0.4 is 0 Å². The van der Waals surface area contributed by atoms with Crippen molar-refractivity contribution < 1.29 is 24.2 Å². The number of amides is 1. The fourth-order valence-corrected chi connectivity index (χ4v) is 7.19. The molecule has 7 heteroatoms. The van der Waals surface area contributed by atoms with Gasteiger partial charge in [-0.25, -0.2) is 9.59 Å². The number of piperidine rings is 2. The van der Waals surface area contributed by atoms with Gasteiger partial charge in [0.25, 0.3) is 0 Å². The van der Waals surface area contributed by atoms with Crippen molar-refractivity contribution in [2.24, 2.45) is 0 Å². The maximum absolute atomic E-state index is 13.6. The number of benzene rings is 3. The van der Waals surface area contributed by atoms with Crippen LogP contribution >= 0.6 is 15.9 Å². The summed E-state index contributed by atoms with van der Waals surface area (Å²) in [7, 11) is 0. The van der Waals surface area contributed by atoms with Crippen LogP contribution in [0, 0.1) is 0 Å². The molecule has 2 heterocycles. The van der Waals surface area contributed by atoms with Crippen LogP contribution in [0.2, 0.25) is 0 Å². The van der Waals surface area contributed by atoms with Crippen molar-refractivity contribution in [1.29, 1.82) is 0 Å². The lowest BCUT2D eigenvalue weighted by atomic mass is 9.72. The molecule has 3 aromatic carbocycles. The van der Waals surface area contributed by atoms with Gasteiger partial charge in [0.05, 0.1) is 5.60 Å². The van der Waals surface area contributed by atoms with Crippen molar-refractivity contribution in [2.75, 3.05) is 13.2 Å². The predicted molar refractivity (Wildman–Crippen MR) is 147 cm³/mol. The van der Waals surface area contributed by atoms with Crippen molar-refractivity contribution in [2.45, 2.75) is 55.7 Å². The van der Waals surface area contributed by atoms with E-state index in [9.17, 15) is 14.7 Å². The van der Waals surface area contributed by atoms with Crippen LogP contribution in [-0.2, 0) is 19.9 Å². The molecular formula is C31H30BrNO5. The summed E-state index contributed by atoms with van der Waals surface area (Å²) in [6.07, 6.45) is 3.49. The summed E-state index contributed by atoms with van der Waals surface area (Å²) >= 11 is 3.55. The molecule has 0 aromatic heterocycles. The van der Waals surface area contributed by atoms with Crippen molar-refractivity contribution in [3.63, 3.8) is 0 Å². The van der Waals surface area contributed by atoms with Crippen molar-refractivity contribution >= 4 is 28.0 Å². The molecule has 0 saturated carbocycles. The maximum Gasteiger partial charge on any atom is 0.410 e. The predicted octanol–water partition coefficient (Wildman–Crippen LogP) is 6.71. The first kappa shape index (κ1) is 25.1. The summed E-state index contributed by atoms with van der Waals surface area (Å²) < 4.78 is 13.1. The average molecular weight is 576 g/mol. The Morgan fingerprint density at radius 1 is 0.921 bits per heavy atom. The van der Waals surface area contributed by atoms with Gasteiger partial charge in [-0.05, 0) is 59.2 Å². The number of hydrogen-bond acceptors (Lipinski definition) is 4. The summed E-state index contributed by atoms with van der Waals surface area (Å²) in [6.45, 7) is -0.0913. The third-order valence-electron chi connectivity index (χ3n) is 8.36. The number of carboxylic acid groups (broad SMARTS) is 1. The molecule has 0 radical (unpaired) electrons. The van der Waals surface area contributed by atoms with Crippen molar-refractivity contribution in [1.82, 2.24) is 4.90 Å². The van der Waals surface area contributed by atoms with Crippen LogP contribution in [0.4, 0.5) is 4.79 Å². The van der Waals surface area contributed by atoms with E-state index in [2.05, 4.69) is 40.2 Å². The molecule has 2 saturated heterocycles. The fourth-order valence-electron chi connectivity index (χ4n) is 6.79. The summed E-state index contributed by atoms with van der Waals surface area (Å²) in [6, 6.07) is 24.4. The van der Waals surface area contributed by atoms with E-state index in [4.69, 9.17) is 9.47 Å². The van der Waals surface area contributed by atoms with Gasteiger partial charge in [-0.2, -0.15) is 0 Å². The van der Waals surface area contributed by atoms with Gasteiger partial charge in [-0.1, -0.05) is 76.6 Å². The first-order valence-electron chi connectivity index (χ1n) is 13.2. The molecule has 0 spiro atoms. The molecule has 1 amide bonds. The second-order valence-electron chi connectivity index (χ2n) is 10.5. The molecule has 3 aromatic rings. The van der Waals surface area contributed by atoms with Crippen molar-refractivity contribution in [3.8, 4) is 11.1 Å². The quantitative estimate of drug-likeness (QED) is 0.353. The van der Waals surface area contributed by atoms with E-state index in [-0.39, 0.29) is 37.3 Å². The SMILES string of the molecule is O=C(O)COC1(c2cccc(Br)c2)CC2CCCC(C1)N2C(=O)OCC1c2ccccc2-c2ccccc21. The molecule has 2 fully saturated rings. The van der Waals surface area contributed by atoms with E-state index in [0.717, 1.165) is 29.3 Å². The molecule has 6 nitrogen and oxygen atoms in total. The third-order valence-corrected chi connectivity index (χ3v) is 8.85. The van der Waals surface area contributed by atoms with Gasteiger partial charge in [0, 0.05) is 35.3 Å². The minimum atomic E-state index is -0.997. The van der Waals surface area contributed by atoms with E-state index >= 15 is 0 Å². The van der Waals surface area contributed by atoms with Gasteiger partial charge in [0.1, 0.15) is 13.2 Å². The van der Waals surface area contributed by atoms with E-state index in [0.29, 0.717) is 12.8 Å². The van der Waals surface area contributed by atoms with E-state index < -0.39 is 11.6 Å². The molecule has 1 N–H and O–H groups in total. The number of aliphatic carboxylic acids is 1. The first-order valence-corrected chi connectivity index (χ1v) is 14.0.